The van der Waals surface area contributed by atoms with Crippen LogP contribution in [0.15, 0.2) is 36.5 Å². The van der Waals surface area contributed by atoms with E-state index in [1.54, 1.807) is 11.1 Å². The maximum atomic E-state index is 12.8. The van der Waals surface area contributed by atoms with Crippen molar-refractivity contribution in [1.82, 2.24) is 20.5 Å². The van der Waals surface area contributed by atoms with Gasteiger partial charge in [-0.1, -0.05) is 12.1 Å². The molecule has 1 aromatic heterocycles. The molecule has 0 aliphatic carbocycles. The minimum Gasteiger partial charge on any atom is -0.474 e. The number of carbonyl (C=O) groups excluding carboxylic acids is 3. The number of aromatic nitrogens is 1. The zero-order valence-corrected chi connectivity index (χ0v) is 18.3. The second-order valence-corrected chi connectivity index (χ2v) is 8.70. The van der Waals surface area contributed by atoms with Crippen LogP contribution < -0.4 is 20.7 Å². The number of amides is 3. The van der Waals surface area contributed by atoms with Crippen LogP contribution in [0.25, 0.3) is 0 Å². The number of hydrogen-bond acceptors (Lipinski definition) is 7. The zero-order chi connectivity index (χ0) is 22.8. The summed E-state index contributed by atoms with van der Waals surface area (Å²) in [6.07, 6.45) is 4.57. The largest absolute Gasteiger partial charge is 0.474 e. The van der Waals surface area contributed by atoms with Crippen molar-refractivity contribution in [3.05, 3.63) is 53.2 Å². The van der Waals surface area contributed by atoms with Gasteiger partial charge in [0.05, 0.1) is 11.9 Å². The molecular formula is C24H27N5O4. The summed E-state index contributed by atoms with van der Waals surface area (Å²) < 4.78 is 5.94. The Morgan fingerprint density at radius 1 is 1.09 bits per heavy atom. The van der Waals surface area contributed by atoms with E-state index in [4.69, 9.17) is 4.74 Å². The van der Waals surface area contributed by atoms with E-state index in [0.29, 0.717) is 31.0 Å². The molecular weight excluding hydrogens is 422 g/mol. The lowest BCUT2D eigenvalue weighted by Gasteiger charge is -2.29. The van der Waals surface area contributed by atoms with E-state index in [9.17, 15) is 14.4 Å². The van der Waals surface area contributed by atoms with Crippen LogP contribution >= 0.6 is 0 Å². The third-order valence-electron chi connectivity index (χ3n) is 6.39. The van der Waals surface area contributed by atoms with Crippen LogP contribution in [0.2, 0.25) is 0 Å². The van der Waals surface area contributed by atoms with Crippen LogP contribution in [0.1, 0.15) is 47.2 Å². The predicted octanol–water partition coefficient (Wildman–Crippen LogP) is 1.59. The van der Waals surface area contributed by atoms with E-state index in [0.717, 1.165) is 42.7 Å². The summed E-state index contributed by atoms with van der Waals surface area (Å²) in [5, 5.41) is 9.00. The van der Waals surface area contributed by atoms with Gasteiger partial charge in [0.15, 0.2) is 0 Å². The van der Waals surface area contributed by atoms with Crippen molar-refractivity contribution in [2.24, 2.45) is 0 Å². The highest BCUT2D eigenvalue weighted by atomic mass is 16.5. The van der Waals surface area contributed by atoms with E-state index in [2.05, 4.69) is 20.9 Å². The summed E-state index contributed by atoms with van der Waals surface area (Å²) in [4.78, 5) is 42.4. The molecule has 9 heteroatoms. The van der Waals surface area contributed by atoms with E-state index in [1.807, 2.05) is 30.3 Å². The Labute approximate surface area is 191 Å². The van der Waals surface area contributed by atoms with Gasteiger partial charge in [-0.2, -0.15) is 0 Å². The molecule has 5 rings (SSSR count). The summed E-state index contributed by atoms with van der Waals surface area (Å²) >= 11 is 0. The molecule has 3 N–H and O–H groups in total. The van der Waals surface area contributed by atoms with Gasteiger partial charge in [0, 0.05) is 31.1 Å². The Balaban J connectivity index is 1.18. The number of anilines is 1. The van der Waals surface area contributed by atoms with Crippen LogP contribution in [-0.4, -0.2) is 52.8 Å². The Bertz CT molecular complexity index is 1070. The zero-order valence-electron chi connectivity index (χ0n) is 18.3. The Kier molecular flexibility index (Phi) is 5.95. The molecule has 1 atom stereocenters. The normalized spacial score (nSPS) is 21.0. The van der Waals surface area contributed by atoms with Gasteiger partial charge in [-0.3, -0.25) is 19.7 Å². The van der Waals surface area contributed by atoms with Gasteiger partial charge in [0.2, 0.25) is 17.7 Å². The van der Waals surface area contributed by atoms with Crippen molar-refractivity contribution < 1.29 is 19.1 Å². The standard InChI is InChI=1S/C24H27N5O4/c30-21-5-4-20(23(31)28-21)29-14-16-11-15(1-3-19(16)24(29)32)12-26-17-2-6-22(27-13-17)33-18-7-9-25-10-8-18/h1-3,6,11,13,18,20,25-26H,4-5,7-10,12,14H2,(H,28,30,31). The minimum atomic E-state index is -0.596. The lowest BCUT2D eigenvalue weighted by molar-refractivity contribution is -0.136. The first kappa shape index (κ1) is 21.4. The molecule has 3 aliphatic heterocycles. The molecule has 9 nitrogen and oxygen atoms in total. The van der Waals surface area contributed by atoms with Crippen LogP contribution in [0, 0.1) is 0 Å². The summed E-state index contributed by atoms with van der Waals surface area (Å²) in [6, 6.07) is 8.96. The minimum absolute atomic E-state index is 0.160. The fourth-order valence-electron chi connectivity index (χ4n) is 4.58. The Hall–Kier alpha value is -3.46. The number of fused-ring (bicyclic) bond motifs is 1. The van der Waals surface area contributed by atoms with Crippen LogP contribution in [-0.2, 0) is 22.7 Å². The van der Waals surface area contributed by atoms with Crippen molar-refractivity contribution in [3.63, 3.8) is 0 Å². The SMILES string of the molecule is O=C1CCC(N2Cc3cc(CNc4ccc(OC5CCNCC5)nc4)ccc3C2=O)C(=O)N1. The average Bonchev–Trinajstić information content (AvgIpc) is 3.15. The third kappa shape index (κ3) is 4.68. The average molecular weight is 450 g/mol. The van der Waals surface area contributed by atoms with E-state index in [-0.39, 0.29) is 24.3 Å². The fourth-order valence-corrected chi connectivity index (χ4v) is 4.58. The van der Waals surface area contributed by atoms with Crippen LogP contribution in [0.3, 0.4) is 0 Å². The second kappa shape index (κ2) is 9.19. The fraction of sp³-hybridized carbons (Fsp3) is 0.417. The lowest BCUT2D eigenvalue weighted by atomic mass is 10.0. The number of ether oxygens (including phenoxy) is 1. The van der Waals surface area contributed by atoms with Crippen LogP contribution in [0.4, 0.5) is 5.69 Å². The van der Waals surface area contributed by atoms with Gasteiger partial charge in [-0.25, -0.2) is 4.98 Å². The molecule has 2 saturated heterocycles. The number of benzene rings is 1. The molecule has 172 valence electrons. The summed E-state index contributed by atoms with van der Waals surface area (Å²) in [6.45, 7) is 2.90. The summed E-state index contributed by atoms with van der Waals surface area (Å²) in [5.74, 6) is -0.201. The predicted molar refractivity (Wildman–Crippen MR) is 121 cm³/mol. The maximum Gasteiger partial charge on any atom is 0.255 e. The topological polar surface area (TPSA) is 113 Å². The molecule has 0 saturated carbocycles. The Morgan fingerprint density at radius 3 is 2.70 bits per heavy atom. The van der Waals surface area contributed by atoms with Crippen LogP contribution in [0.5, 0.6) is 5.88 Å². The first-order chi connectivity index (χ1) is 16.1. The number of carbonyl (C=O) groups is 3. The molecule has 4 heterocycles. The van der Waals surface area contributed by atoms with E-state index in [1.165, 1.54) is 0 Å². The number of imide groups is 1. The van der Waals surface area contributed by atoms with Crippen molar-refractivity contribution in [2.75, 3.05) is 18.4 Å². The summed E-state index contributed by atoms with van der Waals surface area (Å²) in [7, 11) is 0. The molecule has 1 unspecified atom stereocenters. The van der Waals surface area contributed by atoms with Gasteiger partial charge in [-0.05, 0) is 55.6 Å². The number of nitrogens with one attached hydrogen (secondary N) is 3. The van der Waals surface area contributed by atoms with Gasteiger partial charge >= 0.3 is 0 Å². The van der Waals surface area contributed by atoms with Gasteiger partial charge in [-0.15, -0.1) is 0 Å². The number of pyridine rings is 1. The lowest BCUT2D eigenvalue weighted by Crippen LogP contribution is -2.52. The number of rotatable bonds is 6. The van der Waals surface area contributed by atoms with Crippen molar-refractivity contribution in [2.45, 2.75) is 50.9 Å². The van der Waals surface area contributed by atoms with E-state index >= 15 is 0 Å². The smallest absolute Gasteiger partial charge is 0.255 e. The van der Waals surface area contributed by atoms with Crippen molar-refractivity contribution in [3.8, 4) is 5.88 Å². The first-order valence-corrected chi connectivity index (χ1v) is 11.4. The monoisotopic (exact) mass is 449 g/mol. The maximum absolute atomic E-state index is 12.8. The first-order valence-electron chi connectivity index (χ1n) is 11.4. The molecule has 3 aliphatic rings. The molecule has 0 bridgehead atoms. The Morgan fingerprint density at radius 2 is 1.94 bits per heavy atom. The number of hydrogen-bond donors (Lipinski definition) is 3. The van der Waals surface area contributed by atoms with Crippen molar-refractivity contribution >= 4 is 23.4 Å². The second-order valence-electron chi connectivity index (χ2n) is 8.70. The van der Waals surface area contributed by atoms with E-state index < -0.39 is 11.9 Å². The molecule has 1 aromatic carbocycles. The molecule has 2 fully saturated rings. The van der Waals surface area contributed by atoms with Gasteiger partial charge in [0.1, 0.15) is 12.1 Å². The highest BCUT2D eigenvalue weighted by molar-refractivity contribution is 6.05. The molecule has 0 spiro atoms. The van der Waals surface area contributed by atoms with Crippen molar-refractivity contribution in [1.29, 1.82) is 0 Å². The number of nitrogens with zero attached hydrogens (tertiary/aromatic N) is 2. The third-order valence-corrected chi connectivity index (χ3v) is 6.39. The molecule has 33 heavy (non-hydrogen) atoms. The highest BCUT2D eigenvalue weighted by Gasteiger charge is 2.39. The molecule has 2 aromatic rings. The van der Waals surface area contributed by atoms with Gasteiger partial charge < -0.3 is 20.3 Å². The molecule has 0 radical (unpaired) electrons. The van der Waals surface area contributed by atoms with Gasteiger partial charge in [0.25, 0.3) is 5.91 Å². The highest BCUT2D eigenvalue weighted by Crippen LogP contribution is 2.28. The quantitative estimate of drug-likeness (QED) is 0.574. The summed E-state index contributed by atoms with van der Waals surface area (Å²) in [5.41, 5.74) is 3.42. The molecule has 3 amide bonds. The number of piperidine rings is 2.